The first-order valence-corrected chi connectivity index (χ1v) is 8.78. The van der Waals surface area contributed by atoms with E-state index in [1.54, 1.807) is 0 Å². The molecule has 0 spiro atoms. The first kappa shape index (κ1) is 15.8. The highest BCUT2D eigenvalue weighted by Gasteiger charge is 2.21. The number of nitrogens with zero attached hydrogens (tertiary/aromatic N) is 3. The minimum atomic E-state index is 0.385. The molecular weight excluding hydrogens is 312 g/mol. The summed E-state index contributed by atoms with van der Waals surface area (Å²) < 4.78 is 5.75. The molecule has 0 saturated carbocycles. The maximum atomic E-state index is 5.75. The summed E-state index contributed by atoms with van der Waals surface area (Å²) in [6.45, 7) is 3.17. The molecule has 3 aromatic rings. The fraction of sp³-hybridized carbons (Fsp3) is 0.300. The van der Waals surface area contributed by atoms with Crippen molar-refractivity contribution in [3.8, 4) is 11.5 Å². The Balaban J connectivity index is 1.30. The van der Waals surface area contributed by atoms with Crippen molar-refractivity contribution in [2.24, 2.45) is 0 Å². The number of rotatable bonds is 5. The smallest absolute Gasteiger partial charge is 0.315 e. The molecule has 0 bridgehead atoms. The van der Waals surface area contributed by atoms with Gasteiger partial charge in [0.1, 0.15) is 0 Å². The molecule has 0 aliphatic carbocycles. The third kappa shape index (κ3) is 4.06. The Morgan fingerprint density at radius 3 is 2.32 bits per heavy atom. The molecule has 1 fully saturated rings. The molecule has 0 unspecified atom stereocenters. The lowest BCUT2D eigenvalue weighted by Gasteiger charge is -2.31. The lowest BCUT2D eigenvalue weighted by atomic mass is 10.0. The predicted octanol–water partition coefficient (Wildman–Crippen LogP) is 3.81. The number of hydrogen-bond donors (Lipinski definition) is 1. The average molecular weight is 334 g/mol. The van der Waals surface area contributed by atoms with Crippen LogP contribution >= 0.6 is 0 Å². The normalized spacial score (nSPS) is 16.0. The Bertz CT molecular complexity index is 780. The molecule has 5 heteroatoms. The Kier molecular flexibility index (Phi) is 4.74. The minimum absolute atomic E-state index is 0.385. The topological polar surface area (TPSA) is 54.2 Å². The first-order chi connectivity index (χ1) is 12.4. The van der Waals surface area contributed by atoms with Gasteiger partial charge in [-0.15, -0.1) is 5.10 Å². The number of anilines is 1. The van der Waals surface area contributed by atoms with Gasteiger partial charge in [-0.2, -0.15) is 0 Å². The molecule has 5 nitrogen and oxygen atoms in total. The molecule has 0 atom stereocenters. The van der Waals surface area contributed by atoms with Gasteiger partial charge in [0.15, 0.2) is 0 Å². The summed E-state index contributed by atoms with van der Waals surface area (Å²) in [6.07, 6.45) is 2.16. The lowest BCUT2D eigenvalue weighted by molar-refractivity contribution is 0.210. The van der Waals surface area contributed by atoms with Crippen LogP contribution in [0.1, 0.15) is 18.4 Å². The van der Waals surface area contributed by atoms with E-state index >= 15 is 0 Å². The van der Waals surface area contributed by atoms with Crippen molar-refractivity contribution >= 4 is 6.01 Å². The van der Waals surface area contributed by atoms with Crippen LogP contribution < -0.4 is 5.32 Å². The Labute approximate surface area is 147 Å². The van der Waals surface area contributed by atoms with Gasteiger partial charge in [0.25, 0.3) is 0 Å². The van der Waals surface area contributed by atoms with Crippen molar-refractivity contribution in [2.45, 2.75) is 25.4 Å². The van der Waals surface area contributed by atoms with Gasteiger partial charge in [-0.05, 0) is 30.5 Å². The van der Waals surface area contributed by atoms with Crippen LogP contribution in [0.3, 0.4) is 0 Å². The van der Waals surface area contributed by atoms with E-state index in [0.717, 1.165) is 38.0 Å². The maximum Gasteiger partial charge on any atom is 0.315 e. The molecule has 1 N–H and O–H groups in total. The van der Waals surface area contributed by atoms with Gasteiger partial charge in [0.2, 0.25) is 5.89 Å². The van der Waals surface area contributed by atoms with E-state index in [4.69, 9.17) is 4.42 Å². The van der Waals surface area contributed by atoms with E-state index in [0.29, 0.717) is 17.9 Å². The average Bonchev–Trinajstić information content (AvgIpc) is 3.14. The molecule has 4 rings (SSSR count). The van der Waals surface area contributed by atoms with Gasteiger partial charge in [-0.3, -0.25) is 4.90 Å². The van der Waals surface area contributed by atoms with Crippen LogP contribution in [0.4, 0.5) is 6.01 Å². The quantitative estimate of drug-likeness (QED) is 0.769. The van der Waals surface area contributed by atoms with Gasteiger partial charge in [-0.25, -0.2) is 0 Å². The first-order valence-electron chi connectivity index (χ1n) is 8.78. The van der Waals surface area contributed by atoms with E-state index in [9.17, 15) is 0 Å². The molecule has 2 aromatic carbocycles. The van der Waals surface area contributed by atoms with E-state index in [1.165, 1.54) is 5.56 Å². The molecule has 0 amide bonds. The zero-order valence-electron chi connectivity index (χ0n) is 14.1. The predicted molar refractivity (Wildman–Crippen MR) is 98.1 cm³/mol. The second-order valence-corrected chi connectivity index (χ2v) is 6.46. The van der Waals surface area contributed by atoms with Crippen molar-refractivity contribution in [1.29, 1.82) is 0 Å². The van der Waals surface area contributed by atoms with Crippen molar-refractivity contribution in [1.82, 2.24) is 15.1 Å². The Hall–Kier alpha value is -2.66. The highest BCUT2D eigenvalue weighted by Crippen LogP contribution is 2.22. The van der Waals surface area contributed by atoms with E-state index in [-0.39, 0.29) is 0 Å². The van der Waals surface area contributed by atoms with Crippen LogP contribution in [0.2, 0.25) is 0 Å². The molecule has 0 radical (unpaired) electrons. The van der Waals surface area contributed by atoms with Crippen LogP contribution in [0.25, 0.3) is 11.5 Å². The SMILES string of the molecule is c1ccc(CN2CCC(Nc3nnc(-c4ccccc4)o3)CC2)cc1. The second kappa shape index (κ2) is 7.49. The summed E-state index contributed by atoms with van der Waals surface area (Å²) in [5, 5.41) is 11.7. The monoisotopic (exact) mass is 334 g/mol. The number of aromatic nitrogens is 2. The fourth-order valence-electron chi connectivity index (χ4n) is 3.23. The second-order valence-electron chi connectivity index (χ2n) is 6.46. The number of benzene rings is 2. The number of nitrogens with one attached hydrogen (secondary N) is 1. The fourth-order valence-corrected chi connectivity index (χ4v) is 3.23. The van der Waals surface area contributed by atoms with Crippen molar-refractivity contribution in [2.75, 3.05) is 18.4 Å². The van der Waals surface area contributed by atoms with Gasteiger partial charge < -0.3 is 9.73 Å². The summed E-state index contributed by atoms with van der Waals surface area (Å²) in [5.74, 6) is 0.560. The number of likely N-dealkylation sites (tertiary alicyclic amines) is 1. The van der Waals surface area contributed by atoms with E-state index in [1.807, 2.05) is 30.3 Å². The molecule has 2 heterocycles. The van der Waals surface area contributed by atoms with Gasteiger partial charge >= 0.3 is 6.01 Å². The maximum absolute atomic E-state index is 5.75. The third-order valence-corrected chi connectivity index (χ3v) is 4.61. The molecule has 128 valence electrons. The number of hydrogen-bond acceptors (Lipinski definition) is 5. The minimum Gasteiger partial charge on any atom is -0.403 e. The van der Waals surface area contributed by atoms with Gasteiger partial charge in [0, 0.05) is 31.2 Å². The summed E-state index contributed by atoms with van der Waals surface area (Å²) in [5.41, 5.74) is 2.32. The van der Waals surface area contributed by atoms with Crippen molar-refractivity contribution in [3.05, 3.63) is 66.2 Å². The van der Waals surface area contributed by atoms with Crippen LogP contribution in [0.15, 0.2) is 65.1 Å². The molecular formula is C20H22N4O. The lowest BCUT2D eigenvalue weighted by Crippen LogP contribution is -2.38. The van der Waals surface area contributed by atoms with Crippen LogP contribution in [-0.2, 0) is 6.54 Å². The molecule has 1 aliphatic heterocycles. The summed E-state index contributed by atoms with van der Waals surface area (Å²) in [7, 11) is 0. The summed E-state index contributed by atoms with van der Waals surface area (Å²) >= 11 is 0. The summed E-state index contributed by atoms with van der Waals surface area (Å²) in [4.78, 5) is 2.50. The zero-order chi connectivity index (χ0) is 16.9. The van der Waals surface area contributed by atoms with E-state index in [2.05, 4.69) is 50.7 Å². The zero-order valence-corrected chi connectivity index (χ0v) is 14.1. The summed E-state index contributed by atoms with van der Waals surface area (Å²) in [6, 6.07) is 21.4. The number of piperidine rings is 1. The van der Waals surface area contributed by atoms with Gasteiger partial charge in [0.05, 0.1) is 0 Å². The standard InChI is InChI=1S/C20H22N4O/c1-3-7-16(8-4-1)15-24-13-11-18(12-14-24)21-20-23-22-19(25-20)17-9-5-2-6-10-17/h1-10,18H,11-15H2,(H,21,23). The van der Waals surface area contributed by atoms with E-state index < -0.39 is 0 Å². The van der Waals surface area contributed by atoms with Crippen molar-refractivity contribution < 1.29 is 4.42 Å². The van der Waals surface area contributed by atoms with Crippen LogP contribution in [0.5, 0.6) is 0 Å². The Morgan fingerprint density at radius 1 is 0.920 bits per heavy atom. The van der Waals surface area contributed by atoms with Crippen LogP contribution in [-0.4, -0.2) is 34.2 Å². The Morgan fingerprint density at radius 2 is 1.60 bits per heavy atom. The third-order valence-electron chi connectivity index (χ3n) is 4.61. The molecule has 1 aliphatic rings. The van der Waals surface area contributed by atoms with Crippen LogP contribution in [0, 0.1) is 0 Å². The molecule has 1 aromatic heterocycles. The highest BCUT2D eigenvalue weighted by molar-refractivity contribution is 5.52. The largest absolute Gasteiger partial charge is 0.403 e. The highest BCUT2D eigenvalue weighted by atomic mass is 16.4. The molecule has 1 saturated heterocycles. The van der Waals surface area contributed by atoms with Gasteiger partial charge in [-0.1, -0.05) is 53.6 Å². The van der Waals surface area contributed by atoms with Crippen molar-refractivity contribution in [3.63, 3.8) is 0 Å². The molecule has 25 heavy (non-hydrogen) atoms.